The normalized spacial score (nSPS) is 15.5. The molecule has 9 nitrogen and oxygen atoms in total. The van der Waals surface area contributed by atoms with Gasteiger partial charge in [0.25, 0.3) is 5.69 Å². The zero-order valence-corrected chi connectivity index (χ0v) is 19.7. The number of sulfonamides is 1. The molecular formula is C22H24N4O5S2. The first kappa shape index (κ1) is 23.3. The number of aromatic nitrogens is 1. The maximum absolute atomic E-state index is 13.1. The minimum Gasteiger partial charge on any atom is -0.355 e. The van der Waals surface area contributed by atoms with Crippen LogP contribution in [0.2, 0.25) is 0 Å². The quantitative estimate of drug-likeness (QED) is 0.402. The number of benzene rings is 2. The molecule has 33 heavy (non-hydrogen) atoms. The van der Waals surface area contributed by atoms with Crippen LogP contribution in [0.4, 0.5) is 5.69 Å². The van der Waals surface area contributed by atoms with E-state index in [1.54, 1.807) is 18.3 Å². The molecule has 0 aliphatic carbocycles. The van der Waals surface area contributed by atoms with Gasteiger partial charge in [0.05, 0.1) is 25.0 Å². The van der Waals surface area contributed by atoms with Gasteiger partial charge in [-0.3, -0.25) is 14.9 Å². The molecule has 1 aromatic heterocycles. The number of amides is 1. The Kier molecular flexibility index (Phi) is 6.73. The van der Waals surface area contributed by atoms with Crippen molar-refractivity contribution in [3.63, 3.8) is 0 Å². The number of hydrogen-bond donors (Lipinski definition) is 1. The molecule has 1 N–H and O–H groups in total. The molecule has 0 atom stereocenters. The topological polar surface area (TPSA) is 123 Å². The molecule has 0 bridgehead atoms. The first-order chi connectivity index (χ1) is 15.8. The number of hydrogen-bond acceptors (Lipinski definition) is 7. The van der Waals surface area contributed by atoms with Crippen LogP contribution in [0.25, 0.3) is 10.2 Å². The summed E-state index contributed by atoms with van der Waals surface area (Å²) in [6, 6.07) is 11.7. The van der Waals surface area contributed by atoms with Crippen molar-refractivity contribution in [1.82, 2.24) is 14.6 Å². The SMILES string of the molecule is Cc1ccc([N+](=O)[O-])cc1S(=O)(=O)N1CCC(C(=O)NCCc2nc3ccccc3s2)CC1. The van der Waals surface area contributed by atoms with Crippen molar-refractivity contribution < 1.29 is 18.1 Å². The summed E-state index contributed by atoms with van der Waals surface area (Å²) in [5, 5.41) is 15.0. The molecule has 2 heterocycles. The van der Waals surface area contributed by atoms with Gasteiger partial charge < -0.3 is 5.32 Å². The Morgan fingerprint density at radius 1 is 1.24 bits per heavy atom. The summed E-state index contributed by atoms with van der Waals surface area (Å²) >= 11 is 1.61. The maximum Gasteiger partial charge on any atom is 0.270 e. The van der Waals surface area contributed by atoms with E-state index < -0.39 is 14.9 Å². The molecule has 1 aliphatic heterocycles. The Hall–Kier alpha value is -2.89. The molecule has 3 aromatic rings. The number of thiazole rings is 1. The zero-order chi connectivity index (χ0) is 23.6. The molecule has 4 rings (SSSR count). The smallest absolute Gasteiger partial charge is 0.270 e. The summed E-state index contributed by atoms with van der Waals surface area (Å²) < 4.78 is 28.5. The van der Waals surface area contributed by atoms with E-state index in [0.717, 1.165) is 21.3 Å². The van der Waals surface area contributed by atoms with Gasteiger partial charge in [-0.1, -0.05) is 18.2 Å². The van der Waals surface area contributed by atoms with Crippen LogP contribution in [0.15, 0.2) is 47.4 Å². The lowest BCUT2D eigenvalue weighted by Crippen LogP contribution is -2.43. The Morgan fingerprint density at radius 2 is 1.97 bits per heavy atom. The maximum atomic E-state index is 13.1. The van der Waals surface area contributed by atoms with Gasteiger partial charge in [0.1, 0.15) is 0 Å². The van der Waals surface area contributed by atoms with Crippen molar-refractivity contribution in [3.8, 4) is 0 Å². The molecular weight excluding hydrogens is 464 g/mol. The molecule has 1 saturated heterocycles. The second-order valence-corrected chi connectivity index (χ2v) is 11.0. The number of non-ortho nitro benzene ring substituents is 1. The predicted octanol–water partition coefficient (Wildman–Crippen LogP) is 3.27. The number of piperidine rings is 1. The van der Waals surface area contributed by atoms with Crippen molar-refractivity contribution in [2.45, 2.75) is 31.1 Å². The highest BCUT2D eigenvalue weighted by Gasteiger charge is 2.33. The highest BCUT2D eigenvalue weighted by Crippen LogP contribution is 2.28. The molecule has 0 saturated carbocycles. The van der Waals surface area contributed by atoms with Gasteiger partial charge in [-0.15, -0.1) is 11.3 Å². The van der Waals surface area contributed by atoms with Crippen LogP contribution in [-0.4, -0.2) is 48.2 Å². The summed E-state index contributed by atoms with van der Waals surface area (Å²) in [4.78, 5) is 27.5. The van der Waals surface area contributed by atoms with E-state index >= 15 is 0 Å². The fraction of sp³-hybridized carbons (Fsp3) is 0.364. The number of nitro benzene ring substituents is 1. The average Bonchev–Trinajstić information content (AvgIpc) is 3.22. The molecule has 0 radical (unpaired) electrons. The number of fused-ring (bicyclic) bond motifs is 1. The van der Waals surface area contributed by atoms with Gasteiger partial charge in [0.2, 0.25) is 15.9 Å². The first-order valence-corrected chi connectivity index (χ1v) is 12.9. The number of aryl methyl sites for hydroxylation is 1. The van der Waals surface area contributed by atoms with Crippen molar-refractivity contribution in [1.29, 1.82) is 0 Å². The van der Waals surface area contributed by atoms with E-state index in [-0.39, 0.29) is 35.5 Å². The monoisotopic (exact) mass is 488 g/mol. The second kappa shape index (κ2) is 9.54. The summed E-state index contributed by atoms with van der Waals surface area (Å²) in [6.07, 6.45) is 1.45. The standard InChI is InChI=1S/C22H24N4O5S2/c1-15-6-7-17(26(28)29)14-20(15)33(30,31)25-12-9-16(10-13-25)22(27)23-11-8-21-24-18-4-2-3-5-19(18)32-21/h2-7,14,16H,8-13H2,1H3,(H,23,27). The minimum absolute atomic E-state index is 0.0598. The molecule has 1 fully saturated rings. The van der Waals surface area contributed by atoms with Crippen LogP contribution >= 0.6 is 11.3 Å². The van der Waals surface area contributed by atoms with Crippen LogP contribution < -0.4 is 5.32 Å². The van der Waals surface area contributed by atoms with E-state index in [1.807, 2.05) is 24.3 Å². The Bertz CT molecular complexity index is 1260. The third kappa shape index (κ3) is 5.05. The molecule has 1 aliphatic rings. The second-order valence-electron chi connectivity index (χ2n) is 8.00. The molecule has 0 spiro atoms. The van der Waals surface area contributed by atoms with Gasteiger partial charge in [-0.05, 0) is 37.5 Å². The van der Waals surface area contributed by atoms with Crippen LogP contribution in [0.3, 0.4) is 0 Å². The Labute approximate surface area is 195 Å². The third-order valence-electron chi connectivity index (χ3n) is 5.80. The fourth-order valence-electron chi connectivity index (χ4n) is 3.94. The number of para-hydroxylation sites is 1. The number of nitrogens with zero attached hydrogens (tertiary/aromatic N) is 3. The Morgan fingerprint density at radius 3 is 2.67 bits per heavy atom. The lowest BCUT2D eigenvalue weighted by atomic mass is 9.97. The largest absolute Gasteiger partial charge is 0.355 e. The number of carbonyl (C=O) groups excluding carboxylic acids is 1. The van der Waals surface area contributed by atoms with Crippen LogP contribution in [0.5, 0.6) is 0 Å². The average molecular weight is 489 g/mol. The number of nitrogens with one attached hydrogen (secondary N) is 1. The van der Waals surface area contributed by atoms with Crippen molar-refractivity contribution in [2.75, 3.05) is 19.6 Å². The predicted molar refractivity (Wildman–Crippen MR) is 126 cm³/mol. The van der Waals surface area contributed by atoms with Crippen molar-refractivity contribution in [3.05, 3.63) is 63.1 Å². The number of nitro groups is 1. The molecule has 174 valence electrons. The summed E-state index contributed by atoms with van der Waals surface area (Å²) in [5.41, 5.74) is 1.15. The summed E-state index contributed by atoms with van der Waals surface area (Å²) in [6.45, 7) is 2.48. The van der Waals surface area contributed by atoms with Gasteiger partial charge in [-0.2, -0.15) is 4.31 Å². The minimum atomic E-state index is -3.87. The highest BCUT2D eigenvalue weighted by atomic mass is 32.2. The summed E-state index contributed by atoms with van der Waals surface area (Å²) in [7, 11) is -3.87. The number of rotatable bonds is 7. The molecule has 1 amide bonds. The van der Waals surface area contributed by atoms with E-state index in [0.29, 0.717) is 31.4 Å². The zero-order valence-electron chi connectivity index (χ0n) is 18.1. The van der Waals surface area contributed by atoms with Gasteiger partial charge in [0.15, 0.2) is 0 Å². The van der Waals surface area contributed by atoms with E-state index in [1.165, 1.54) is 16.4 Å². The van der Waals surface area contributed by atoms with Gasteiger partial charge >= 0.3 is 0 Å². The molecule has 0 unspecified atom stereocenters. The van der Waals surface area contributed by atoms with E-state index in [4.69, 9.17) is 0 Å². The summed E-state index contributed by atoms with van der Waals surface area (Å²) in [5.74, 6) is -0.349. The van der Waals surface area contributed by atoms with Crippen LogP contribution in [0.1, 0.15) is 23.4 Å². The molecule has 2 aromatic carbocycles. The van der Waals surface area contributed by atoms with Crippen molar-refractivity contribution >= 4 is 43.2 Å². The third-order valence-corrected chi connectivity index (χ3v) is 8.94. The van der Waals surface area contributed by atoms with E-state index in [9.17, 15) is 23.3 Å². The van der Waals surface area contributed by atoms with Crippen LogP contribution in [-0.2, 0) is 21.2 Å². The van der Waals surface area contributed by atoms with Crippen molar-refractivity contribution in [2.24, 2.45) is 5.92 Å². The first-order valence-electron chi connectivity index (χ1n) is 10.6. The number of carbonyl (C=O) groups is 1. The van der Waals surface area contributed by atoms with E-state index in [2.05, 4.69) is 10.3 Å². The lowest BCUT2D eigenvalue weighted by molar-refractivity contribution is -0.385. The Balaban J connectivity index is 1.32. The van der Waals surface area contributed by atoms with Crippen LogP contribution in [0, 0.1) is 23.0 Å². The fourth-order valence-corrected chi connectivity index (χ4v) is 6.62. The molecule has 11 heteroatoms. The lowest BCUT2D eigenvalue weighted by Gasteiger charge is -2.30. The van der Waals surface area contributed by atoms with Gasteiger partial charge in [0, 0.05) is 44.1 Å². The van der Waals surface area contributed by atoms with Gasteiger partial charge in [-0.25, -0.2) is 13.4 Å². The highest BCUT2D eigenvalue weighted by molar-refractivity contribution is 7.89.